The summed E-state index contributed by atoms with van der Waals surface area (Å²) < 4.78 is 15.4. The SMILES string of the molecule is COCC(=O)N[C@H]1CO[C@H]2[C@@H]1OC[C@H]2O. The molecule has 86 valence electrons. The van der Waals surface area contributed by atoms with Crippen LogP contribution in [0.5, 0.6) is 0 Å². The lowest BCUT2D eigenvalue weighted by Gasteiger charge is -2.16. The number of nitrogens with one attached hydrogen (secondary N) is 1. The lowest BCUT2D eigenvalue weighted by molar-refractivity contribution is -0.126. The third kappa shape index (κ3) is 2.12. The van der Waals surface area contributed by atoms with Crippen molar-refractivity contribution < 1.29 is 24.1 Å². The average molecular weight is 217 g/mol. The number of ether oxygens (including phenoxy) is 3. The average Bonchev–Trinajstić information content (AvgIpc) is 2.72. The van der Waals surface area contributed by atoms with Gasteiger partial charge in [-0.15, -0.1) is 0 Å². The van der Waals surface area contributed by atoms with Crippen LogP contribution in [0.4, 0.5) is 0 Å². The molecule has 2 N–H and O–H groups in total. The van der Waals surface area contributed by atoms with E-state index in [1.54, 1.807) is 0 Å². The van der Waals surface area contributed by atoms with Gasteiger partial charge < -0.3 is 24.6 Å². The van der Waals surface area contributed by atoms with E-state index in [0.717, 1.165) is 0 Å². The van der Waals surface area contributed by atoms with Crippen LogP contribution in [0.25, 0.3) is 0 Å². The van der Waals surface area contributed by atoms with Crippen LogP contribution in [-0.4, -0.2) is 62.3 Å². The Morgan fingerprint density at radius 2 is 2.20 bits per heavy atom. The highest BCUT2D eigenvalue weighted by atomic mass is 16.6. The predicted octanol–water partition coefficient (Wildman–Crippen LogP) is -1.72. The number of hydrogen-bond acceptors (Lipinski definition) is 5. The molecule has 0 aromatic rings. The summed E-state index contributed by atoms with van der Waals surface area (Å²) in [5, 5.41) is 12.2. The molecule has 2 aliphatic heterocycles. The molecule has 0 aromatic heterocycles. The Morgan fingerprint density at radius 3 is 2.93 bits per heavy atom. The van der Waals surface area contributed by atoms with Crippen LogP contribution in [0.1, 0.15) is 0 Å². The molecule has 1 amide bonds. The molecule has 0 bridgehead atoms. The van der Waals surface area contributed by atoms with Gasteiger partial charge in [-0.05, 0) is 0 Å². The van der Waals surface area contributed by atoms with Gasteiger partial charge in [-0.2, -0.15) is 0 Å². The van der Waals surface area contributed by atoms with Crippen LogP contribution in [0.2, 0.25) is 0 Å². The first kappa shape index (κ1) is 10.8. The molecule has 2 heterocycles. The second-order valence-electron chi connectivity index (χ2n) is 3.77. The van der Waals surface area contributed by atoms with E-state index in [1.807, 2.05) is 0 Å². The minimum atomic E-state index is -0.584. The molecule has 2 aliphatic rings. The minimum absolute atomic E-state index is 0.0242. The summed E-state index contributed by atoms with van der Waals surface area (Å²) in [6.45, 7) is 0.671. The Balaban J connectivity index is 1.87. The van der Waals surface area contributed by atoms with Crippen LogP contribution >= 0.6 is 0 Å². The normalized spacial score (nSPS) is 39.1. The standard InChI is InChI=1S/C9H15NO5/c1-13-4-7(12)10-5-2-14-9-6(11)3-15-8(5)9/h5-6,8-9,11H,2-4H2,1H3,(H,10,12)/t5-,6+,8+,9+/m0/s1. The minimum Gasteiger partial charge on any atom is -0.388 e. The third-order valence-corrected chi connectivity index (χ3v) is 2.65. The molecule has 0 unspecified atom stereocenters. The van der Waals surface area contributed by atoms with Gasteiger partial charge in [0.25, 0.3) is 0 Å². The van der Waals surface area contributed by atoms with Crippen LogP contribution in [0.15, 0.2) is 0 Å². The van der Waals surface area contributed by atoms with E-state index in [1.165, 1.54) is 7.11 Å². The highest BCUT2D eigenvalue weighted by molar-refractivity contribution is 5.77. The summed E-state index contributed by atoms with van der Waals surface area (Å²) in [6, 6.07) is -0.185. The number of carbonyl (C=O) groups is 1. The molecule has 2 saturated heterocycles. The van der Waals surface area contributed by atoms with Crippen molar-refractivity contribution in [1.82, 2.24) is 5.32 Å². The van der Waals surface area contributed by atoms with Gasteiger partial charge in [-0.1, -0.05) is 0 Å². The van der Waals surface area contributed by atoms with E-state index >= 15 is 0 Å². The predicted molar refractivity (Wildman–Crippen MR) is 49.3 cm³/mol. The zero-order chi connectivity index (χ0) is 10.8. The largest absolute Gasteiger partial charge is 0.388 e. The fourth-order valence-corrected chi connectivity index (χ4v) is 1.98. The molecular weight excluding hydrogens is 202 g/mol. The van der Waals surface area contributed by atoms with Crippen molar-refractivity contribution in [1.29, 1.82) is 0 Å². The summed E-state index contributed by atoms with van der Waals surface area (Å²) in [6.07, 6.45) is -1.13. The zero-order valence-electron chi connectivity index (χ0n) is 8.51. The summed E-state index contributed by atoms with van der Waals surface area (Å²) >= 11 is 0. The summed E-state index contributed by atoms with van der Waals surface area (Å²) in [7, 11) is 1.46. The van der Waals surface area contributed by atoms with Gasteiger partial charge in [0.2, 0.25) is 5.91 Å². The number of carbonyl (C=O) groups excluding carboxylic acids is 1. The van der Waals surface area contributed by atoms with Crippen molar-refractivity contribution in [3.05, 3.63) is 0 Å². The number of aliphatic hydroxyl groups excluding tert-OH is 1. The van der Waals surface area contributed by atoms with E-state index in [4.69, 9.17) is 14.2 Å². The Hall–Kier alpha value is -0.690. The van der Waals surface area contributed by atoms with Gasteiger partial charge in [0.15, 0.2) is 0 Å². The van der Waals surface area contributed by atoms with E-state index in [-0.39, 0.29) is 37.4 Å². The first-order chi connectivity index (χ1) is 7.22. The number of methoxy groups -OCH3 is 1. The quantitative estimate of drug-likeness (QED) is 0.588. The van der Waals surface area contributed by atoms with E-state index in [0.29, 0.717) is 6.61 Å². The lowest BCUT2D eigenvalue weighted by Crippen LogP contribution is -2.45. The Kier molecular flexibility index (Phi) is 3.20. The van der Waals surface area contributed by atoms with E-state index in [2.05, 4.69) is 5.32 Å². The molecule has 2 fully saturated rings. The molecule has 0 spiro atoms. The highest BCUT2D eigenvalue weighted by Gasteiger charge is 2.47. The number of rotatable bonds is 3. The van der Waals surface area contributed by atoms with Crippen molar-refractivity contribution in [3.8, 4) is 0 Å². The van der Waals surface area contributed by atoms with Gasteiger partial charge in [0.05, 0.1) is 19.3 Å². The smallest absolute Gasteiger partial charge is 0.246 e. The van der Waals surface area contributed by atoms with Crippen molar-refractivity contribution in [2.24, 2.45) is 0 Å². The Bertz CT molecular complexity index is 247. The third-order valence-electron chi connectivity index (χ3n) is 2.65. The van der Waals surface area contributed by atoms with Crippen LogP contribution in [-0.2, 0) is 19.0 Å². The number of aliphatic hydroxyl groups is 1. The first-order valence-electron chi connectivity index (χ1n) is 4.92. The van der Waals surface area contributed by atoms with Gasteiger partial charge in [0.1, 0.15) is 24.9 Å². The molecule has 6 heteroatoms. The van der Waals surface area contributed by atoms with Crippen molar-refractivity contribution >= 4 is 5.91 Å². The van der Waals surface area contributed by atoms with Crippen molar-refractivity contribution in [3.63, 3.8) is 0 Å². The Morgan fingerprint density at radius 1 is 1.47 bits per heavy atom. The van der Waals surface area contributed by atoms with Gasteiger partial charge in [-0.25, -0.2) is 0 Å². The maximum atomic E-state index is 11.3. The molecule has 4 atom stereocenters. The van der Waals surface area contributed by atoms with Gasteiger partial charge in [0, 0.05) is 7.11 Å². The lowest BCUT2D eigenvalue weighted by atomic mass is 10.1. The van der Waals surface area contributed by atoms with Gasteiger partial charge >= 0.3 is 0 Å². The summed E-state index contributed by atoms with van der Waals surface area (Å²) in [4.78, 5) is 11.3. The summed E-state index contributed by atoms with van der Waals surface area (Å²) in [5.41, 5.74) is 0. The van der Waals surface area contributed by atoms with Gasteiger partial charge in [-0.3, -0.25) is 4.79 Å². The Labute approximate surface area is 87.5 Å². The molecule has 15 heavy (non-hydrogen) atoms. The molecule has 0 aliphatic carbocycles. The van der Waals surface area contributed by atoms with E-state index in [9.17, 15) is 9.90 Å². The van der Waals surface area contributed by atoms with Crippen molar-refractivity contribution in [2.45, 2.75) is 24.4 Å². The fourth-order valence-electron chi connectivity index (χ4n) is 1.98. The number of hydrogen-bond donors (Lipinski definition) is 2. The van der Waals surface area contributed by atoms with E-state index < -0.39 is 6.10 Å². The topological polar surface area (TPSA) is 77.0 Å². The molecule has 0 saturated carbocycles. The maximum Gasteiger partial charge on any atom is 0.246 e. The molecule has 0 aromatic carbocycles. The molecule has 0 radical (unpaired) electrons. The monoisotopic (exact) mass is 217 g/mol. The second kappa shape index (κ2) is 4.44. The van der Waals surface area contributed by atoms with Crippen LogP contribution in [0.3, 0.4) is 0 Å². The maximum absolute atomic E-state index is 11.3. The summed E-state index contributed by atoms with van der Waals surface area (Å²) in [5.74, 6) is -0.197. The zero-order valence-corrected chi connectivity index (χ0v) is 8.51. The number of fused-ring (bicyclic) bond motifs is 1. The highest BCUT2D eigenvalue weighted by Crippen LogP contribution is 2.26. The van der Waals surface area contributed by atoms with Crippen LogP contribution < -0.4 is 5.32 Å². The second-order valence-corrected chi connectivity index (χ2v) is 3.77. The fraction of sp³-hybridized carbons (Fsp3) is 0.889. The molecule has 2 rings (SSSR count). The molecule has 6 nitrogen and oxygen atoms in total. The molecular formula is C9H15NO5. The van der Waals surface area contributed by atoms with Crippen LogP contribution in [0, 0.1) is 0 Å². The number of amides is 1. The first-order valence-corrected chi connectivity index (χ1v) is 4.92. The van der Waals surface area contributed by atoms with Crippen molar-refractivity contribution in [2.75, 3.05) is 26.9 Å².